The number of nitrogens with one attached hydrogen (secondary N) is 1. The zero-order chi connectivity index (χ0) is 12.7. The molecule has 0 aromatic carbocycles. The van der Waals surface area contributed by atoms with E-state index in [-0.39, 0.29) is 6.29 Å². The fraction of sp³-hybridized carbons (Fsp3) is 0.727. The van der Waals surface area contributed by atoms with E-state index in [2.05, 4.69) is 27.4 Å². The van der Waals surface area contributed by atoms with Crippen molar-refractivity contribution in [3.8, 4) is 0 Å². The topological polar surface area (TPSA) is 69.2 Å². The maximum atomic E-state index is 5.06. The van der Waals surface area contributed by atoms with Crippen LogP contribution >= 0.6 is 0 Å². The van der Waals surface area contributed by atoms with Gasteiger partial charge in [-0.25, -0.2) is 4.98 Å². The van der Waals surface area contributed by atoms with Crippen molar-refractivity contribution in [2.45, 2.75) is 33.0 Å². The Morgan fingerprint density at radius 2 is 1.71 bits per heavy atom. The second-order valence-corrected chi connectivity index (χ2v) is 3.52. The second-order valence-electron chi connectivity index (χ2n) is 3.52. The van der Waals surface area contributed by atoms with Crippen molar-refractivity contribution in [2.24, 2.45) is 0 Å². The lowest BCUT2D eigenvalue weighted by Crippen LogP contribution is -2.25. The van der Waals surface area contributed by atoms with E-state index in [4.69, 9.17) is 9.47 Å². The molecule has 0 aliphatic rings. The molecule has 0 unspecified atom stereocenters. The fourth-order valence-corrected chi connectivity index (χ4v) is 1.45. The molecular weight excluding hydrogens is 220 g/mol. The number of nitrogens with zero attached hydrogens (tertiary/aromatic N) is 3. The molecule has 1 rings (SSSR count). The Bertz CT molecular complexity index is 342. The van der Waals surface area contributed by atoms with Crippen molar-refractivity contribution < 1.29 is 9.47 Å². The normalized spacial score (nSPS) is 10.9. The summed E-state index contributed by atoms with van der Waals surface area (Å²) >= 11 is 0. The van der Waals surface area contributed by atoms with Gasteiger partial charge in [-0.1, -0.05) is 13.8 Å². The molecule has 0 aliphatic carbocycles. The molecule has 17 heavy (non-hydrogen) atoms. The molecule has 0 saturated carbocycles. The van der Waals surface area contributed by atoms with Crippen molar-refractivity contribution in [1.82, 2.24) is 15.2 Å². The van der Waals surface area contributed by atoms with E-state index >= 15 is 0 Å². The maximum absolute atomic E-state index is 5.06. The third-order valence-electron chi connectivity index (χ3n) is 2.46. The minimum Gasteiger partial charge on any atom is -0.354 e. The van der Waals surface area contributed by atoms with Gasteiger partial charge in [-0.3, -0.25) is 0 Å². The minimum atomic E-state index is -0.311. The van der Waals surface area contributed by atoms with Crippen LogP contribution in [0.5, 0.6) is 0 Å². The first kappa shape index (κ1) is 13.8. The number of anilines is 1. The number of ether oxygens (including phenoxy) is 2. The van der Waals surface area contributed by atoms with Gasteiger partial charge in [0.1, 0.15) is 0 Å². The van der Waals surface area contributed by atoms with E-state index in [0.717, 1.165) is 24.2 Å². The lowest BCUT2D eigenvalue weighted by atomic mass is 10.2. The highest BCUT2D eigenvalue weighted by atomic mass is 16.7. The molecule has 0 amide bonds. The Balaban J connectivity index is 2.66. The van der Waals surface area contributed by atoms with Crippen molar-refractivity contribution in [3.63, 3.8) is 0 Å². The zero-order valence-electron chi connectivity index (χ0n) is 10.9. The van der Waals surface area contributed by atoms with Crippen LogP contribution in [0, 0.1) is 0 Å². The summed E-state index contributed by atoms with van der Waals surface area (Å²) in [7, 11) is 3.18. The van der Waals surface area contributed by atoms with E-state index in [1.54, 1.807) is 14.2 Å². The molecule has 0 radical (unpaired) electrons. The van der Waals surface area contributed by atoms with Gasteiger partial charge in [0.2, 0.25) is 5.95 Å². The highest BCUT2D eigenvalue weighted by Crippen LogP contribution is 2.06. The van der Waals surface area contributed by atoms with Crippen molar-refractivity contribution in [3.05, 3.63) is 11.4 Å². The molecule has 96 valence electrons. The van der Waals surface area contributed by atoms with Crippen molar-refractivity contribution in [2.75, 3.05) is 26.1 Å². The average molecular weight is 240 g/mol. The number of methoxy groups -OCH3 is 2. The van der Waals surface area contributed by atoms with E-state index in [1.165, 1.54) is 0 Å². The molecule has 1 heterocycles. The standard InChI is InChI=1S/C11H20N4O2/c1-5-8-9(6-2)14-15-11(13-8)12-7-10(16-3)17-4/h10H,5-7H2,1-4H3,(H,12,13,15). The van der Waals surface area contributed by atoms with Crippen molar-refractivity contribution in [1.29, 1.82) is 0 Å². The number of aromatic nitrogens is 3. The Labute approximate surface area is 102 Å². The smallest absolute Gasteiger partial charge is 0.243 e. The molecule has 1 aromatic heterocycles. The lowest BCUT2D eigenvalue weighted by Gasteiger charge is -2.14. The van der Waals surface area contributed by atoms with E-state index < -0.39 is 0 Å². The van der Waals surface area contributed by atoms with Crippen LogP contribution in [0.4, 0.5) is 5.95 Å². The molecule has 0 fully saturated rings. The molecule has 0 aliphatic heterocycles. The second kappa shape index (κ2) is 7.13. The first-order valence-electron chi connectivity index (χ1n) is 5.77. The van der Waals surface area contributed by atoms with Gasteiger partial charge in [-0.05, 0) is 12.8 Å². The predicted octanol–water partition coefficient (Wildman–Crippen LogP) is 1.03. The van der Waals surface area contributed by atoms with Gasteiger partial charge in [0.15, 0.2) is 6.29 Å². The summed E-state index contributed by atoms with van der Waals surface area (Å²) in [4.78, 5) is 4.41. The molecule has 1 aromatic rings. The van der Waals surface area contributed by atoms with Crippen LogP contribution in [0.1, 0.15) is 25.2 Å². The molecule has 1 N–H and O–H groups in total. The van der Waals surface area contributed by atoms with Gasteiger partial charge in [0.05, 0.1) is 17.9 Å². The third-order valence-corrected chi connectivity index (χ3v) is 2.46. The Morgan fingerprint density at radius 1 is 1.06 bits per heavy atom. The highest BCUT2D eigenvalue weighted by molar-refractivity contribution is 5.25. The van der Waals surface area contributed by atoms with E-state index in [1.807, 2.05) is 6.92 Å². The monoisotopic (exact) mass is 240 g/mol. The molecule has 0 atom stereocenters. The summed E-state index contributed by atoms with van der Waals surface area (Å²) in [6.07, 6.45) is 1.39. The highest BCUT2D eigenvalue weighted by Gasteiger charge is 2.08. The molecule has 0 saturated heterocycles. The minimum absolute atomic E-state index is 0.311. The van der Waals surface area contributed by atoms with Crippen LogP contribution in [0.25, 0.3) is 0 Å². The average Bonchev–Trinajstić information content (AvgIpc) is 2.39. The lowest BCUT2D eigenvalue weighted by molar-refractivity contribution is -0.0914. The van der Waals surface area contributed by atoms with Gasteiger partial charge < -0.3 is 14.8 Å². The van der Waals surface area contributed by atoms with Crippen molar-refractivity contribution >= 4 is 5.95 Å². The number of hydrogen-bond donors (Lipinski definition) is 1. The molecular formula is C11H20N4O2. The summed E-state index contributed by atoms with van der Waals surface area (Å²) < 4.78 is 10.1. The molecule has 6 nitrogen and oxygen atoms in total. The quantitative estimate of drug-likeness (QED) is 0.718. The Morgan fingerprint density at radius 3 is 2.24 bits per heavy atom. The molecule has 0 spiro atoms. The third kappa shape index (κ3) is 3.90. The summed E-state index contributed by atoms with van der Waals surface area (Å²) in [5.41, 5.74) is 1.93. The first-order valence-corrected chi connectivity index (χ1v) is 5.77. The Hall–Kier alpha value is -1.27. The van der Waals surface area contributed by atoms with Crippen LogP contribution in [-0.2, 0) is 22.3 Å². The van der Waals surface area contributed by atoms with Crippen LogP contribution in [0.3, 0.4) is 0 Å². The predicted molar refractivity (Wildman–Crippen MR) is 64.9 cm³/mol. The van der Waals surface area contributed by atoms with Crippen LogP contribution in [-0.4, -0.2) is 42.2 Å². The van der Waals surface area contributed by atoms with Gasteiger partial charge in [-0.15, -0.1) is 5.10 Å². The maximum Gasteiger partial charge on any atom is 0.243 e. The van der Waals surface area contributed by atoms with E-state index in [9.17, 15) is 0 Å². The SMILES string of the molecule is CCc1nnc(NCC(OC)OC)nc1CC. The molecule has 6 heteroatoms. The fourth-order valence-electron chi connectivity index (χ4n) is 1.45. The number of aryl methyl sites for hydroxylation is 2. The largest absolute Gasteiger partial charge is 0.354 e. The van der Waals surface area contributed by atoms with Gasteiger partial charge in [-0.2, -0.15) is 5.10 Å². The molecule has 0 bridgehead atoms. The van der Waals surface area contributed by atoms with Crippen LogP contribution < -0.4 is 5.32 Å². The van der Waals surface area contributed by atoms with Gasteiger partial charge >= 0.3 is 0 Å². The van der Waals surface area contributed by atoms with Gasteiger partial charge in [0, 0.05) is 14.2 Å². The van der Waals surface area contributed by atoms with Crippen LogP contribution in [0.15, 0.2) is 0 Å². The van der Waals surface area contributed by atoms with E-state index in [0.29, 0.717) is 12.5 Å². The summed E-state index contributed by atoms with van der Waals surface area (Å²) in [6, 6.07) is 0. The number of hydrogen-bond acceptors (Lipinski definition) is 6. The first-order chi connectivity index (χ1) is 8.24. The number of rotatable bonds is 7. The zero-order valence-corrected chi connectivity index (χ0v) is 10.9. The summed E-state index contributed by atoms with van der Waals surface area (Å²) in [5.74, 6) is 0.512. The summed E-state index contributed by atoms with van der Waals surface area (Å²) in [5, 5.41) is 11.2. The Kier molecular flexibility index (Phi) is 5.79. The summed E-state index contributed by atoms with van der Waals surface area (Å²) in [6.45, 7) is 4.59. The van der Waals surface area contributed by atoms with Crippen LogP contribution in [0.2, 0.25) is 0 Å². The van der Waals surface area contributed by atoms with Gasteiger partial charge in [0.25, 0.3) is 0 Å².